The van der Waals surface area contributed by atoms with Crippen molar-refractivity contribution in [3.63, 3.8) is 0 Å². The SMILES string of the molecule is C#Cc1cccc2c(C(=O)O)cccc12. The van der Waals surface area contributed by atoms with Gasteiger partial charge in [-0.15, -0.1) is 6.42 Å². The van der Waals surface area contributed by atoms with Crippen LogP contribution in [0.25, 0.3) is 10.8 Å². The molecular formula is C13H8O2. The molecule has 0 saturated carbocycles. The number of hydrogen-bond acceptors (Lipinski definition) is 1. The minimum atomic E-state index is -0.935. The highest BCUT2D eigenvalue weighted by molar-refractivity contribution is 6.05. The van der Waals surface area contributed by atoms with Crippen molar-refractivity contribution in [2.45, 2.75) is 0 Å². The summed E-state index contributed by atoms with van der Waals surface area (Å²) < 4.78 is 0. The first kappa shape index (κ1) is 9.29. The topological polar surface area (TPSA) is 37.3 Å². The van der Waals surface area contributed by atoms with Gasteiger partial charge in [0.1, 0.15) is 0 Å². The number of terminal acetylenes is 1. The van der Waals surface area contributed by atoms with Crippen molar-refractivity contribution in [3.05, 3.63) is 47.5 Å². The normalized spacial score (nSPS) is 9.80. The predicted molar refractivity (Wildman–Crippen MR) is 58.8 cm³/mol. The van der Waals surface area contributed by atoms with Crippen molar-refractivity contribution in [1.82, 2.24) is 0 Å². The number of aromatic carboxylic acids is 1. The Hall–Kier alpha value is -2.27. The second-order valence-electron chi connectivity index (χ2n) is 3.16. The molecule has 0 radical (unpaired) electrons. The molecule has 0 amide bonds. The predicted octanol–water partition coefficient (Wildman–Crippen LogP) is 2.52. The summed E-state index contributed by atoms with van der Waals surface area (Å²) in [6, 6.07) is 10.4. The van der Waals surface area contributed by atoms with Crippen LogP contribution in [0, 0.1) is 12.3 Å². The van der Waals surface area contributed by atoms with Crippen LogP contribution in [0.15, 0.2) is 36.4 Å². The lowest BCUT2D eigenvalue weighted by Gasteiger charge is -2.03. The molecule has 0 atom stereocenters. The van der Waals surface area contributed by atoms with Gasteiger partial charge in [0.25, 0.3) is 0 Å². The van der Waals surface area contributed by atoms with Crippen LogP contribution in [0.1, 0.15) is 15.9 Å². The first-order chi connectivity index (χ1) is 7.24. The third-order valence-corrected chi connectivity index (χ3v) is 2.31. The van der Waals surface area contributed by atoms with Crippen LogP contribution in [0.5, 0.6) is 0 Å². The van der Waals surface area contributed by atoms with Crippen LogP contribution in [-0.4, -0.2) is 11.1 Å². The van der Waals surface area contributed by atoms with Crippen molar-refractivity contribution in [2.75, 3.05) is 0 Å². The molecule has 0 unspecified atom stereocenters. The fourth-order valence-electron chi connectivity index (χ4n) is 1.62. The molecule has 0 fully saturated rings. The van der Waals surface area contributed by atoms with Crippen molar-refractivity contribution in [1.29, 1.82) is 0 Å². The van der Waals surface area contributed by atoms with E-state index in [1.807, 2.05) is 6.07 Å². The number of carbonyl (C=O) groups is 1. The first-order valence-corrected chi connectivity index (χ1v) is 4.45. The lowest BCUT2D eigenvalue weighted by molar-refractivity contribution is 0.0699. The lowest BCUT2D eigenvalue weighted by Crippen LogP contribution is -1.97. The smallest absolute Gasteiger partial charge is 0.336 e. The molecule has 0 spiro atoms. The minimum Gasteiger partial charge on any atom is -0.478 e. The number of fused-ring (bicyclic) bond motifs is 1. The van der Waals surface area contributed by atoms with Gasteiger partial charge >= 0.3 is 5.97 Å². The average Bonchev–Trinajstić information content (AvgIpc) is 2.27. The van der Waals surface area contributed by atoms with Gasteiger partial charge < -0.3 is 5.11 Å². The van der Waals surface area contributed by atoms with E-state index in [0.29, 0.717) is 5.39 Å². The van der Waals surface area contributed by atoms with Crippen LogP contribution in [0.4, 0.5) is 0 Å². The Kier molecular flexibility index (Phi) is 2.15. The molecule has 2 rings (SSSR count). The highest BCUT2D eigenvalue weighted by atomic mass is 16.4. The molecule has 0 aliphatic heterocycles. The van der Waals surface area contributed by atoms with E-state index in [1.165, 1.54) is 0 Å². The molecular weight excluding hydrogens is 188 g/mol. The van der Waals surface area contributed by atoms with Gasteiger partial charge in [0.2, 0.25) is 0 Å². The molecule has 2 aromatic rings. The second kappa shape index (κ2) is 3.47. The van der Waals surface area contributed by atoms with E-state index in [0.717, 1.165) is 10.9 Å². The van der Waals surface area contributed by atoms with Crippen molar-refractivity contribution < 1.29 is 9.90 Å². The van der Waals surface area contributed by atoms with E-state index in [2.05, 4.69) is 5.92 Å². The molecule has 15 heavy (non-hydrogen) atoms. The molecule has 0 saturated heterocycles. The minimum absolute atomic E-state index is 0.282. The summed E-state index contributed by atoms with van der Waals surface area (Å²) in [4.78, 5) is 11.0. The van der Waals surface area contributed by atoms with Gasteiger partial charge in [-0.1, -0.05) is 30.2 Å². The first-order valence-electron chi connectivity index (χ1n) is 4.45. The van der Waals surface area contributed by atoms with Crippen LogP contribution in [0.2, 0.25) is 0 Å². The highest BCUT2D eigenvalue weighted by Gasteiger charge is 2.08. The molecule has 0 aliphatic carbocycles. The van der Waals surface area contributed by atoms with Crippen molar-refractivity contribution in [2.24, 2.45) is 0 Å². The van der Waals surface area contributed by atoms with Crippen LogP contribution in [-0.2, 0) is 0 Å². The largest absolute Gasteiger partial charge is 0.478 e. The zero-order valence-corrected chi connectivity index (χ0v) is 7.90. The van der Waals surface area contributed by atoms with Gasteiger partial charge in [-0.05, 0) is 22.9 Å². The van der Waals surface area contributed by atoms with E-state index in [1.54, 1.807) is 30.3 Å². The summed E-state index contributed by atoms with van der Waals surface area (Å²) in [6.07, 6.45) is 5.34. The van der Waals surface area contributed by atoms with E-state index in [4.69, 9.17) is 11.5 Å². The summed E-state index contributed by atoms with van der Waals surface area (Å²) in [6.45, 7) is 0. The monoisotopic (exact) mass is 196 g/mol. The Balaban J connectivity index is 2.90. The third-order valence-electron chi connectivity index (χ3n) is 2.31. The lowest BCUT2D eigenvalue weighted by atomic mass is 10.0. The summed E-state index contributed by atoms with van der Waals surface area (Å²) in [5, 5.41) is 10.5. The van der Waals surface area contributed by atoms with E-state index in [9.17, 15) is 4.79 Å². The number of carboxylic acids is 1. The van der Waals surface area contributed by atoms with Gasteiger partial charge in [-0.2, -0.15) is 0 Å². The van der Waals surface area contributed by atoms with Gasteiger partial charge in [-0.3, -0.25) is 0 Å². The Labute approximate surface area is 87.2 Å². The van der Waals surface area contributed by atoms with Crippen molar-refractivity contribution in [3.8, 4) is 12.3 Å². The molecule has 72 valence electrons. The van der Waals surface area contributed by atoms with Gasteiger partial charge in [-0.25, -0.2) is 4.79 Å². The molecule has 0 aliphatic rings. The van der Waals surface area contributed by atoms with Crippen LogP contribution >= 0.6 is 0 Å². The molecule has 0 heterocycles. The summed E-state index contributed by atoms with van der Waals surface area (Å²) in [5.41, 5.74) is 1.00. The van der Waals surface area contributed by atoms with Crippen LogP contribution in [0.3, 0.4) is 0 Å². The fourth-order valence-corrected chi connectivity index (χ4v) is 1.62. The maximum absolute atomic E-state index is 11.0. The molecule has 2 aromatic carbocycles. The summed E-state index contributed by atoms with van der Waals surface area (Å²) in [7, 11) is 0. The van der Waals surface area contributed by atoms with Crippen molar-refractivity contribution >= 4 is 16.7 Å². The summed E-state index contributed by atoms with van der Waals surface area (Å²) in [5.74, 6) is 1.61. The maximum Gasteiger partial charge on any atom is 0.336 e. The molecule has 2 nitrogen and oxygen atoms in total. The Morgan fingerprint density at radius 3 is 2.47 bits per heavy atom. The van der Waals surface area contributed by atoms with Crippen LogP contribution < -0.4 is 0 Å². The zero-order valence-electron chi connectivity index (χ0n) is 7.90. The zero-order chi connectivity index (χ0) is 10.8. The Bertz CT molecular complexity index is 577. The Morgan fingerprint density at radius 2 is 1.80 bits per heavy atom. The second-order valence-corrected chi connectivity index (χ2v) is 3.16. The number of benzene rings is 2. The van der Waals surface area contributed by atoms with Gasteiger partial charge in [0.05, 0.1) is 5.56 Å². The molecule has 0 bridgehead atoms. The fraction of sp³-hybridized carbons (Fsp3) is 0. The third kappa shape index (κ3) is 1.44. The number of rotatable bonds is 1. The molecule has 0 aromatic heterocycles. The van der Waals surface area contributed by atoms with E-state index < -0.39 is 5.97 Å². The van der Waals surface area contributed by atoms with E-state index in [-0.39, 0.29) is 5.56 Å². The highest BCUT2D eigenvalue weighted by Crippen LogP contribution is 2.21. The van der Waals surface area contributed by atoms with E-state index >= 15 is 0 Å². The molecule has 2 heteroatoms. The maximum atomic E-state index is 11.0. The van der Waals surface area contributed by atoms with Gasteiger partial charge in [0.15, 0.2) is 0 Å². The summed E-state index contributed by atoms with van der Waals surface area (Å²) >= 11 is 0. The number of hydrogen-bond donors (Lipinski definition) is 1. The Morgan fingerprint density at radius 1 is 1.13 bits per heavy atom. The standard InChI is InChI=1S/C13H8O2/c1-2-9-5-3-7-11-10(9)6-4-8-12(11)13(14)15/h1,3-8H,(H,14,15). The molecule has 1 N–H and O–H groups in total. The van der Waals surface area contributed by atoms with Gasteiger partial charge in [0, 0.05) is 5.56 Å². The average molecular weight is 196 g/mol. The number of carboxylic acid groups (broad SMARTS) is 1. The quantitative estimate of drug-likeness (QED) is 0.711.